The van der Waals surface area contributed by atoms with Crippen LogP contribution in [-0.2, 0) is 4.79 Å². The Bertz CT molecular complexity index is 251. The molecule has 0 aromatic heterocycles. The van der Waals surface area contributed by atoms with E-state index in [2.05, 4.69) is 0 Å². The maximum atomic E-state index is 11.2. The van der Waals surface area contributed by atoms with Gasteiger partial charge in [0.1, 0.15) is 5.41 Å². The summed E-state index contributed by atoms with van der Waals surface area (Å²) in [6.45, 7) is 1.57. The van der Waals surface area contributed by atoms with Gasteiger partial charge in [-0.25, -0.2) is 0 Å². The quantitative estimate of drug-likeness (QED) is 0.666. The van der Waals surface area contributed by atoms with Crippen LogP contribution < -0.4 is 0 Å². The Morgan fingerprint density at radius 3 is 2.50 bits per heavy atom. The predicted octanol–water partition coefficient (Wildman–Crippen LogP) is 1.71. The summed E-state index contributed by atoms with van der Waals surface area (Å²) >= 11 is 1.04. The van der Waals surface area contributed by atoms with Crippen LogP contribution in [-0.4, -0.2) is 11.4 Å². The molecule has 0 spiro atoms. The van der Waals surface area contributed by atoms with Crippen LogP contribution in [0.4, 0.5) is 0 Å². The lowest BCUT2D eigenvalue weighted by molar-refractivity contribution is -0.116. The molecule has 12 heavy (non-hydrogen) atoms. The average molecular weight is 182 g/mol. The molecule has 3 nitrogen and oxygen atoms in total. The average Bonchev–Trinajstić information content (AvgIpc) is 2.12. The molecule has 0 aromatic rings. The third kappa shape index (κ3) is 2.56. The minimum Gasteiger partial charge on any atom is -0.285 e. The first-order valence-electron chi connectivity index (χ1n) is 3.47. The van der Waals surface area contributed by atoms with Crippen LogP contribution >= 0.6 is 11.8 Å². The van der Waals surface area contributed by atoms with Crippen LogP contribution in [0.5, 0.6) is 0 Å². The van der Waals surface area contributed by atoms with E-state index < -0.39 is 5.41 Å². The Kier molecular flexibility index (Phi) is 4.39. The number of thioether (sulfide) groups is 1. The topological polar surface area (TPSA) is 64.7 Å². The molecule has 0 heterocycles. The molecular formula is C8H10N2OS. The molecule has 0 radical (unpaired) electrons. The van der Waals surface area contributed by atoms with Gasteiger partial charge in [-0.1, -0.05) is 11.8 Å². The summed E-state index contributed by atoms with van der Waals surface area (Å²) in [7, 11) is 0. The summed E-state index contributed by atoms with van der Waals surface area (Å²) in [5.74, 6) is 0. The molecule has 0 aliphatic carbocycles. The highest BCUT2D eigenvalue weighted by atomic mass is 32.2. The fourth-order valence-corrected chi connectivity index (χ4v) is 1.33. The van der Waals surface area contributed by atoms with E-state index in [0.717, 1.165) is 11.8 Å². The van der Waals surface area contributed by atoms with E-state index in [1.165, 1.54) is 0 Å². The van der Waals surface area contributed by atoms with Crippen LogP contribution in [0.25, 0.3) is 0 Å². The van der Waals surface area contributed by atoms with E-state index in [4.69, 9.17) is 10.5 Å². The van der Waals surface area contributed by atoms with Crippen molar-refractivity contribution in [2.24, 2.45) is 5.41 Å². The standard InChI is InChI=1S/C8H10N2OS/c1-8(6-10,4-3-5-9)7(11)12-2/h3-4H2,1-2H3/t8-/m0/s1. The van der Waals surface area contributed by atoms with E-state index in [1.54, 1.807) is 13.2 Å². The van der Waals surface area contributed by atoms with Crippen molar-refractivity contribution in [1.29, 1.82) is 10.5 Å². The predicted molar refractivity (Wildman–Crippen MR) is 47.1 cm³/mol. The minimum atomic E-state index is -0.991. The van der Waals surface area contributed by atoms with Crippen LogP contribution in [0, 0.1) is 28.1 Å². The number of hydrogen-bond donors (Lipinski definition) is 0. The van der Waals surface area contributed by atoms with E-state index in [-0.39, 0.29) is 11.5 Å². The number of nitrogens with zero attached hydrogens (tertiary/aromatic N) is 2. The highest BCUT2D eigenvalue weighted by Crippen LogP contribution is 2.27. The van der Waals surface area contributed by atoms with Gasteiger partial charge in [-0.2, -0.15) is 10.5 Å². The molecule has 4 heteroatoms. The van der Waals surface area contributed by atoms with Crippen LogP contribution in [0.1, 0.15) is 19.8 Å². The van der Waals surface area contributed by atoms with Gasteiger partial charge in [0.25, 0.3) is 0 Å². The first-order chi connectivity index (χ1) is 5.60. The molecule has 0 saturated heterocycles. The molecular weight excluding hydrogens is 172 g/mol. The van der Waals surface area contributed by atoms with Gasteiger partial charge in [0.05, 0.1) is 12.1 Å². The molecule has 0 aliphatic heterocycles. The first kappa shape index (κ1) is 11.0. The minimum absolute atomic E-state index is 0.166. The summed E-state index contributed by atoms with van der Waals surface area (Å²) in [5.41, 5.74) is -0.991. The molecule has 0 N–H and O–H groups in total. The Hall–Kier alpha value is -1.00. The molecule has 0 aromatic carbocycles. The molecule has 0 unspecified atom stereocenters. The summed E-state index contributed by atoms with van der Waals surface area (Å²) in [5, 5.41) is 16.9. The molecule has 1 atom stereocenters. The third-order valence-corrected chi connectivity index (χ3v) is 2.44. The monoisotopic (exact) mass is 182 g/mol. The Morgan fingerprint density at radius 2 is 2.17 bits per heavy atom. The van der Waals surface area contributed by atoms with Crippen LogP contribution in [0.3, 0.4) is 0 Å². The van der Waals surface area contributed by atoms with E-state index in [9.17, 15) is 4.79 Å². The van der Waals surface area contributed by atoms with Crippen LogP contribution in [0.2, 0.25) is 0 Å². The molecule has 0 aliphatic rings. The largest absolute Gasteiger partial charge is 0.285 e. The number of rotatable bonds is 3. The first-order valence-corrected chi connectivity index (χ1v) is 4.70. The molecule has 0 fully saturated rings. The van der Waals surface area contributed by atoms with Gasteiger partial charge in [-0.05, 0) is 19.6 Å². The Balaban J connectivity index is 4.39. The maximum absolute atomic E-state index is 11.2. The normalized spacial score (nSPS) is 14.0. The molecule has 0 bridgehead atoms. The van der Waals surface area contributed by atoms with Crippen molar-refractivity contribution >= 4 is 16.9 Å². The van der Waals surface area contributed by atoms with E-state index in [0.29, 0.717) is 6.42 Å². The van der Waals surface area contributed by atoms with E-state index >= 15 is 0 Å². The van der Waals surface area contributed by atoms with Gasteiger partial charge in [0, 0.05) is 6.42 Å². The van der Waals surface area contributed by atoms with Gasteiger partial charge in [-0.15, -0.1) is 0 Å². The molecule has 64 valence electrons. The van der Waals surface area contributed by atoms with Gasteiger partial charge < -0.3 is 0 Å². The zero-order valence-corrected chi connectivity index (χ0v) is 7.94. The summed E-state index contributed by atoms with van der Waals surface area (Å²) in [4.78, 5) is 11.2. The van der Waals surface area contributed by atoms with Crippen molar-refractivity contribution in [3.63, 3.8) is 0 Å². The van der Waals surface area contributed by atoms with Gasteiger partial charge in [-0.3, -0.25) is 4.79 Å². The Morgan fingerprint density at radius 1 is 1.58 bits per heavy atom. The van der Waals surface area contributed by atoms with Crippen molar-refractivity contribution < 1.29 is 4.79 Å². The molecule has 0 saturated carbocycles. The summed E-state index contributed by atoms with van der Waals surface area (Å²) in [6, 6.07) is 3.87. The highest BCUT2D eigenvalue weighted by Gasteiger charge is 2.31. The lowest BCUT2D eigenvalue weighted by Crippen LogP contribution is -2.22. The number of hydrogen-bond acceptors (Lipinski definition) is 4. The van der Waals surface area contributed by atoms with Crippen LogP contribution in [0.15, 0.2) is 0 Å². The Labute approximate surface area is 76.4 Å². The second-order valence-electron chi connectivity index (χ2n) is 2.59. The van der Waals surface area contributed by atoms with Gasteiger partial charge in [0.15, 0.2) is 0 Å². The number of nitriles is 2. The smallest absolute Gasteiger partial charge is 0.208 e. The SMILES string of the molecule is CSC(=O)[C@](C)(C#N)CCC#N. The van der Waals surface area contributed by atoms with Crippen molar-refractivity contribution in [2.75, 3.05) is 6.26 Å². The van der Waals surface area contributed by atoms with Crippen molar-refractivity contribution in [1.82, 2.24) is 0 Å². The fourth-order valence-electron chi connectivity index (χ4n) is 0.735. The highest BCUT2D eigenvalue weighted by molar-refractivity contribution is 8.13. The van der Waals surface area contributed by atoms with Gasteiger partial charge >= 0.3 is 0 Å². The molecule has 0 amide bonds. The third-order valence-electron chi connectivity index (χ3n) is 1.62. The number of carbonyl (C=O) groups is 1. The zero-order chi connectivity index (χ0) is 9.61. The fraction of sp³-hybridized carbons (Fsp3) is 0.625. The number of carbonyl (C=O) groups excluding carboxylic acids is 1. The van der Waals surface area contributed by atoms with Crippen molar-refractivity contribution in [3.05, 3.63) is 0 Å². The lowest BCUT2D eigenvalue weighted by atomic mass is 9.89. The van der Waals surface area contributed by atoms with Crippen molar-refractivity contribution in [2.45, 2.75) is 19.8 Å². The van der Waals surface area contributed by atoms with Crippen molar-refractivity contribution in [3.8, 4) is 12.1 Å². The second-order valence-corrected chi connectivity index (χ2v) is 3.37. The summed E-state index contributed by atoms with van der Waals surface area (Å²) in [6.07, 6.45) is 2.21. The zero-order valence-electron chi connectivity index (χ0n) is 7.13. The van der Waals surface area contributed by atoms with Gasteiger partial charge in [0.2, 0.25) is 5.12 Å². The second kappa shape index (κ2) is 4.79. The summed E-state index contributed by atoms with van der Waals surface area (Å²) < 4.78 is 0. The molecule has 0 rings (SSSR count). The maximum Gasteiger partial charge on any atom is 0.208 e. The lowest BCUT2D eigenvalue weighted by Gasteiger charge is -2.15. The van der Waals surface area contributed by atoms with E-state index in [1.807, 2.05) is 12.1 Å².